The van der Waals surface area contributed by atoms with E-state index in [-0.39, 0.29) is 12.6 Å². The summed E-state index contributed by atoms with van der Waals surface area (Å²) < 4.78 is 0. The fraction of sp³-hybridized carbons (Fsp3) is 0.500. The molecule has 9 heavy (non-hydrogen) atoms. The molecule has 0 atom stereocenters. The molecule has 0 aliphatic heterocycles. The molecule has 0 aromatic rings. The number of hydrogen-bond donors (Lipinski definition) is 1. The Labute approximate surface area is 54.6 Å². The highest BCUT2D eigenvalue weighted by molar-refractivity contribution is 5.76. The maximum atomic E-state index is 10.7. The molecule has 0 aliphatic carbocycles. The molecule has 0 rings (SSSR count). The molecular weight excluding hydrogens is 118 g/mol. The fourth-order valence-corrected chi connectivity index (χ4v) is 0.442. The largest absolute Gasteiger partial charge is 0.376 e. The second-order valence-electron chi connectivity index (χ2n) is 1.54. The van der Waals surface area contributed by atoms with Gasteiger partial charge in [-0.25, -0.2) is 0 Å². The Balaban J connectivity index is 3.78. The van der Waals surface area contributed by atoms with E-state index in [0.717, 1.165) is 4.90 Å². The molecule has 1 N–H and O–H groups in total. The van der Waals surface area contributed by atoms with E-state index >= 15 is 0 Å². The number of aliphatic hydroxyl groups excluding tert-OH is 1. The average Bonchev–Trinajstić information content (AvgIpc) is 1.90. The predicted octanol–water partition coefficient (Wildman–Crippen LogP) is 0.318. The van der Waals surface area contributed by atoms with E-state index in [1.807, 2.05) is 0 Å². The first-order valence-electron chi connectivity index (χ1n) is 2.79. The highest BCUT2D eigenvalue weighted by Crippen LogP contribution is 1.90. The Kier molecular flexibility index (Phi) is 3.71. The van der Waals surface area contributed by atoms with Crippen LogP contribution in [0, 0.1) is 0 Å². The smallest absolute Gasteiger partial charge is 0.228 e. The van der Waals surface area contributed by atoms with Gasteiger partial charge in [-0.05, 0) is 0 Å². The minimum Gasteiger partial charge on any atom is -0.376 e. The summed E-state index contributed by atoms with van der Waals surface area (Å²) in [5, 5.41) is 8.46. The van der Waals surface area contributed by atoms with Crippen LogP contribution >= 0.6 is 0 Å². The van der Waals surface area contributed by atoms with Gasteiger partial charge >= 0.3 is 0 Å². The van der Waals surface area contributed by atoms with Gasteiger partial charge in [-0.3, -0.25) is 9.69 Å². The van der Waals surface area contributed by atoms with Crippen molar-refractivity contribution in [3.05, 3.63) is 12.8 Å². The van der Waals surface area contributed by atoms with E-state index in [2.05, 4.69) is 6.58 Å². The summed E-state index contributed by atoms with van der Waals surface area (Å²) in [6.45, 7) is 4.80. The highest BCUT2D eigenvalue weighted by atomic mass is 16.3. The summed E-state index contributed by atoms with van der Waals surface area (Å²) in [4.78, 5) is 11.8. The molecule has 0 aromatic carbocycles. The Morgan fingerprint density at radius 1 is 1.89 bits per heavy atom. The van der Waals surface area contributed by atoms with Crippen LogP contribution in [0.1, 0.15) is 13.3 Å². The van der Waals surface area contributed by atoms with Crippen LogP contribution in [0.5, 0.6) is 0 Å². The normalized spacial score (nSPS) is 8.67. The third kappa shape index (κ3) is 2.28. The van der Waals surface area contributed by atoms with Crippen molar-refractivity contribution < 1.29 is 9.90 Å². The number of rotatable bonds is 3. The number of nitrogens with zero attached hydrogens (tertiary/aromatic N) is 1. The minimum atomic E-state index is -0.282. The molecule has 0 heterocycles. The topological polar surface area (TPSA) is 40.5 Å². The van der Waals surface area contributed by atoms with Crippen LogP contribution in [0.25, 0.3) is 0 Å². The molecule has 3 nitrogen and oxygen atoms in total. The van der Waals surface area contributed by atoms with Crippen LogP contribution in [0.2, 0.25) is 0 Å². The van der Waals surface area contributed by atoms with E-state index in [1.165, 1.54) is 6.20 Å². The minimum absolute atomic E-state index is 0.118. The van der Waals surface area contributed by atoms with Crippen LogP contribution in [0.4, 0.5) is 0 Å². The number of amides is 1. The highest BCUT2D eigenvalue weighted by Gasteiger charge is 2.03. The molecule has 0 saturated heterocycles. The summed E-state index contributed by atoms with van der Waals surface area (Å²) in [6, 6.07) is 0. The van der Waals surface area contributed by atoms with Gasteiger partial charge in [0.1, 0.15) is 6.73 Å². The van der Waals surface area contributed by atoms with Gasteiger partial charge in [-0.2, -0.15) is 0 Å². The standard InChI is InChI=1S/C6H11NO2/c1-3-6(9)7(4-2)5-8/h4,8H,2-3,5H2,1H3. The van der Waals surface area contributed by atoms with Crippen molar-refractivity contribution in [3.63, 3.8) is 0 Å². The summed E-state index contributed by atoms with van der Waals surface area (Å²) in [6.07, 6.45) is 1.71. The van der Waals surface area contributed by atoms with E-state index < -0.39 is 0 Å². The van der Waals surface area contributed by atoms with Crippen LogP contribution in [0.3, 0.4) is 0 Å². The molecule has 0 aliphatic rings. The van der Waals surface area contributed by atoms with E-state index in [0.29, 0.717) is 6.42 Å². The lowest BCUT2D eigenvalue weighted by atomic mass is 10.4. The Bertz CT molecular complexity index is 112. The SMILES string of the molecule is C=CN(CO)C(=O)CC. The van der Waals surface area contributed by atoms with Crippen molar-refractivity contribution >= 4 is 5.91 Å². The van der Waals surface area contributed by atoms with Gasteiger partial charge in [0, 0.05) is 12.6 Å². The Morgan fingerprint density at radius 2 is 2.44 bits per heavy atom. The van der Waals surface area contributed by atoms with Crippen LogP contribution in [-0.2, 0) is 4.79 Å². The monoisotopic (exact) mass is 129 g/mol. The van der Waals surface area contributed by atoms with Gasteiger partial charge in [0.25, 0.3) is 0 Å². The lowest BCUT2D eigenvalue weighted by molar-refractivity contribution is -0.131. The zero-order valence-corrected chi connectivity index (χ0v) is 5.50. The van der Waals surface area contributed by atoms with Crippen molar-refractivity contribution in [3.8, 4) is 0 Å². The molecule has 0 radical (unpaired) electrons. The summed E-state index contributed by atoms with van der Waals surface area (Å²) in [5.74, 6) is -0.118. The lowest BCUT2D eigenvalue weighted by Crippen LogP contribution is -2.24. The van der Waals surface area contributed by atoms with Crippen molar-refractivity contribution in [1.82, 2.24) is 4.90 Å². The van der Waals surface area contributed by atoms with Crippen molar-refractivity contribution in [2.24, 2.45) is 0 Å². The summed E-state index contributed by atoms with van der Waals surface area (Å²) >= 11 is 0. The molecule has 3 heteroatoms. The summed E-state index contributed by atoms with van der Waals surface area (Å²) in [7, 11) is 0. The zero-order chi connectivity index (χ0) is 7.28. The molecule has 0 bridgehead atoms. The van der Waals surface area contributed by atoms with E-state index in [1.54, 1.807) is 6.92 Å². The first kappa shape index (κ1) is 8.17. The van der Waals surface area contributed by atoms with Crippen molar-refractivity contribution in [1.29, 1.82) is 0 Å². The fourth-order valence-electron chi connectivity index (χ4n) is 0.442. The number of carbonyl (C=O) groups excluding carboxylic acids is 1. The van der Waals surface area contributed by atoms with Gasteiger partial charge in [-0.15, -0.1) is 0 Å². The maximum Gasteiger partial charge on any atom is 0.228 e. The molecule has 0 unspecified atom stereocenters. The van der Waals surface area contributed by atoms with Gasteiger partial charge < -0.3 is 5.11 Å². The molecule has 0 saturated carbocycles. The second kappa shape index (κ2) is 4.09. The number of hydrogen-bond acceptors (Lipinski definition) is 2. The maximum absolute atomic E-state index is 10.7. The molecule has 0 fully saturated rings. The molecular formula is C6H11NO2. The predicted molar refractivity (Wildman–Crippen MR) is 34.4 cm³/mol. The second-order valence-corrected chi connectivity index (χ2v) is 1.54. The van der Waals surface area contributed by atoms with Gasteiger partial charge in [0.05, 0.1) is 0 Å². The number of aliphatic hydroxyl groups is 1. The molecule has 52 valence electrons. The average molecular weight is 129 g/mol. The van der Waals surface area contributed by atoms with Crippen LogP contribution in [0.15, 0.2) is 12.8 Å². The van der Waals surface area contributed by atoms with E-state index in [4.69, 9.17) is 5.11 Å². The zero-order valence-electron chi connectivity index (χ0n) is 5.50. The quantitative estimate of drug-likeness (QED) is 0.557. The lowest BCUT2D eigenvalue weighted by Gasteiger charge is -2.11. The van der Waals surface area contributed by atoms with Crippen LogP contribution in [-0.4, -0.2) is 22.6 Å². The summed E-state index contributed by atoms with van der Waals surface area (Å²) in [5.41, 5.74) is 0. The van der Waals surface area contributed by atoms with Crippen molar-refractivity contribution in [2.45, 2.75) is 13.3 Å². The first-order chi connectivity index (χ1) is 4.26. The third-order valence-corrected chi connectivity index (χ3v) is 0.996. The van der Waals surface area contributed by atoms with Crippen LogP contribution < -0.4 is 0 Å². The molecule has 0 aromatic heterocycles. The molecule has 1 amide bonds. The Hall–Kier alpha value is -0.830. The number of carbonyl (C=O) groups is 1. The first-order valence-corrected chi connectivity index (χ1v) is 2.79. The van der Waals surface area contributed by atoms with Crippen molar-refractivity contribution in [2.75, 3.05) is 6.73 Å². The molecule has 0 spiro atoms. The Morgan fingerprint density at radius 3 is 2.56 bits per heavy atom. The van der Waals surface area contributed by atoms with Gasteiger partial charge in [0.2, 0.25) is 5.91 Å². The van der Waals surface area contributed by atoms with Gasteiger partial charge in [-0.1, -0.05) is 13.5 Å². The third-order valence-electron chi connectivity index (χ3n) is 0.996. The van der Waals surface area contributed by atoms with E-state index in [9.17, 15) is 4.79 Å². The van der Waals surface area contributed by atoms with Gasteiger partial charge in [0.15, 0.2) is 0 Å².